The highest BCUT2D eigenvalue weighted by molar-refractivity contribution is 5.88. The van der Waals surface area contributed by atoms with E-state index in [1.807, 2.05) is 0 Å². The summed E-state index contributed by atoms with van der Waals surface area (Å²) in [6, 6.07) is -0.531. The molecule has 0 radical (unpaired) electrons. The molecule has 33 heavy (non-hydrogen) atoms. The fourth-order valence-corrected chi connectivity index (χ4v) is 4.91. The van der Waals surface area contributed by atoms with Crippen LogP contribution in [0.1, 0.15) is 129 Å². The Labute approximate surface area is 200 Å². The van der Waals surface area contributed by atoms with E-state index < -0.39 is 6.04 Å². The van der Waals surface area contributed by atoms with Gasteiger partial charge in [0.15, 0.2) is 0 Å². The second-order valence-electron chi connectivity index (χ2n) is 10.0. The van der Waals surface area contributed by atoms with Crippen molar-refractivity contribution in [2.24, 2.45) is 5.92 Å². The summed E-state index contributed by atoms with van der Waals surface area (Å²) in [7, 11) is 0. The molecule has 6 nitrogen and oxygen atoms in total. The highest BCUT2D eigenvalue weighted by atomic mass is 16.6. The topological polar surface area (TPSA) is 81.7 Å². The van der Waals surface area contributed by atoms with Crippen molar-refractivity contribution in [1.29, 1.82) is 0 Å². The lowest BCUT2D eigenvalue weighted by molar-refractivity contribution is -0.190. The Bertz CT molecular complexity index is 593. The Morgan fingerprint density at radius 2 is 1.55 bits per heavy atom. The third kappa shape index (κ3) is 10.5. The third-order valence-electron chi connectivity index (χ3n) is 7.08. The maximum Gasteiger partial charge on any atom is 0.328 e. The highest BCUT2D eigenvalue weighted by Crippen LogP contribution is 2.32. The van der Waals surface area contributed by atoms with Crippen LogP contribution in [0.2, 0.25) is 0 Å². The molecule has 2 saturated heterocycles. The average Bonchev–Trinajstić information content (AvgIpc) is 3.23. The van der Waals surface area contributed by atoms with E-state index in [-0.39, 0.29) is 36.0 Å². The first-order valence-electron chi connectivity index (χ1n) is 13.8. The maximum atomic E-state index is 12.6. The van der Waals surface area contributed by atoms with E-state index in [9.17, 15) is 14.4 Å². The molecule has 0 aromatic heterocycles. The lowest BCUT2D eigenvalue weighted by Gasteiger charge is -2.37. The molecule has 0 saturated carbocycles. The molecule has 1 N–H and O–H groups in total. The quantitative estimate of drug-likeness (QED) is 0.187. The summed E-state index contributed by atoms with van der Waals surface area (Å²) in [6.07, 6.45) is 18.5. The number of carbonyl (C=O) groups excluding carboxylic acids is 3. The molecule has 2 heterocycles. The molecule has 1 amide bonds. The van der Waals surface area contributed by atoms with Crippen molar-refractivity contribution >= 4 is 17.8 Å². The minimum atomic E-state index is -0.531. The van der Waals surface area contributed by atoms with Crippen LogP contribution in [0.3, 0.4) is 0 Å². The van der Waals surface area contributed by atoms with Crippen molar-refractivity contribution in [2.45, 2.75) is 148 Å². The molecule has 0 aromatic carbocycles. The van der Waals surface area contributed by atoms with Crippen molar-refractivity contribution in [3.63, 3.8) is 0 Å². The average molecular weight is 466 g/mol. The second kappa shape index (κ2) is 16.1. The molecule has 2 rings (SSSR count). The zero-order chi connectivity index (χ0) is 23.9. The molecule has 0 bridgehead atoms. The smallest absolute Gasteiger partial charge is 0.328 e. The van der Waals surface area contributed by atoms with Crippen LogP contribution in [-0.2, 0) is 23.9 Å². The molecule has 0 unspecified atom stereocenters. The first-order valence-corrected chi connectivity index (χ1v) is 13.8. The summed E-state index contributed by atoms with van der Waals surface area (Å²) >= 11 is 0. The summed E-state index contributed by atoms with van der Waals surface area (Å²) in [5.74, 6) is -0.593. The summed E-state index contributed by atoms with van der Waals surface area (Å²) < 4.78 is 11.3. The van der Waals surface area contributed by atoms with Gasteiger partial charge in [-0.25, -0.2) is 4.79 Å². The Morgan fingerprint density at radius 3 is 2.12 bits per heavy atom. The SMILES string of the molecule is CCCCCCCCCCC[C@@H](C[C@@H]1OC(=O)[C@H]1CCCCCC)OC(=O)[C@@H]1CCC(=O)N1. The number of esters is 2. The van der Waals surface area contributed by atoms with Crippen LogP contribution in [-0.4, -0.2) is 36.1 Å². The number of cyclic esters (lactones) is 1. The molecular formula is C27H47NO5. The number of hydrogen-bond acceptors (Lipinski definition) is 5. The number of carbonyl (C=O) groups is 3. The second-order valence-corrected chi connectivity index (χ2v) is 10.0. The van der Waals surface area contributed by atoms with Crippen LogP contribution in [0.15, 0.2) is 0 Å². The zero-order valence-electron chi connectivity index (χ0n) is 21.1. The largest absolute Gasteiger partial charge is 0.461 e. The highest BCUT2D eigenvalue weighted by Gasteiger charge is 2.43. The van der Waals surface area contributed by atoms with E-state index in [1.165, 1.54) is 57.8 Å². The van der Waals surface area contributed by atoms with Crippen molar-refractivity contribution in [3.05, 3.63) is 0 Å². The number of ether oxygens (including phenoxy) is 2. The van der Waals surface area contributed by atoms with Gasteiger partial charge in [0.05, 0.1) is 5.92 Å². The van der Waals surface area contributed by atoms with Gasteiger partial charge in [0, 0.05) is 12.8 Å². The van der Waals surface area contributed by atoms with Crippen molar-refractivity contribution in [2.75, 3.05) is 0 Å². The van der Waals surface area contributed by atoms with Crippen LogP contribution in [0.25, 0.3) is 0 Å². The lowest BCUT2D eigenvalue weighted by Crippen LogP contribution is -2.47. The van der Waals surface area contributed by atoms with E-state index >= 15 is 0 Å². The Balaban J connectivity index is 1.76. The summed E-state index contributed by atoms with van der Waals surface area (Å²) in [6.45, 7) is 4.42. The van der Waals surface area contributed by atoms with E-state index in [0.717, 1.165) is 38.5 Å². The molecule has 0 aromatic rings. The summed E-state index contributed by atoms with van der Waals surface area (Å²) in [5.41, 5.74) is 0. The van der Waals surface area contributed by atoms with Gasteiger partial charge in [0.2, 0.25) is 5.91 Å². The van der Waals surface area contributed by atoms with Crippen LogP contribution in [0.5, 0.6) is 0 Å². The molecule has 0 spiro atoms. The molecule has 190 valence electrons. The Hall–Kier alpha value is -1.59. The van der Waals surface area contributed by atoms with Gasteiger partial charge >= 0.3 is 11.9 Å². The van der Waals surface area contributed by atoms with Gasteiger partial charge in [0.25, 0.3) is 0 Å². The van der Waals surface area contributed by atoms with Gasteiger partial charge in [-0.05, 0) is 25.7 Å². The van der Waals surface area contributed by atoms with Gasteiger partial charge in [-0.15, -0.1) is 0 Å². The molecule has 0 aliphatic carbocycles. The minimum Gasteiger partial charge on any atom is -0.461 e. The van der Waals surface area contributed by atoms with Crippen LogP contribution in [0, 0.1) is 5.92 Å². The molecule has 4 atom stereocenters. The molecule has 6 heteroatoms. The van der Waals surface area contributed by atoms with Gasteiger partial charge in [-0.3, -0.25) is 9.59 Å². The lowest BCUT2D eigenvalue weighted by atomic mass is 9.86. The predicted molar refractivity (Wildman–Crippen MR) is 130 cm³/mol. The fourth-order valence-electron chi connectivity index (χ4n) is 4.91. The number of hydrogen-bond donors (Lipinski definition) is 1. The van der Waals surface area contributed by atoms with Gasteiger partial charge in [-0.2, -0.15) is 0 Å². The van der Waals surface area contributed by atoms with Crippen LogP contribution in [0.4, 0.5) is 0 Å². The fraction of sp³-hybridized carbons (Fsp3) is 0.889. The first-order chi connectivity index (χ1) is 16.0. The van der Waals surface area contributed by atoms with E-state index in [0.29, 0.717) is 19.3 Å². The number of nitrogens with one attached hydrogen (secondary N) is 1. The molecule has 2 aliphatic rings. The number of rotatable bonds is 19. The first kappa shape index (κ1) is 27.7. The number of unbranched alkanes of at least 4 members (excludes halogenated alkanes) is 11. The third-order valence-corrected chi connectivity index (χ3v) is 7.08. The normalized spacial score (nSPS) is 23.0. The van der Waals surface area contributed by atoms with Crippen molar-refractivity contribution in [1.82, 2.24) is 5.32 Å². The standard InChI is InChI=1S/C27H47NO5/c1-3-5-7-9-10-11-12-13-14-16-21(32-27(31)23-18-19-25(29)28-23)20-24-22(26(30)33-24)17-15-8-6-4-2/h21-24H,3-20H2,1-2H3,(H,28,29)/t21-,22-,23-,24-/m0/s1. The predicted octanol–water partition coefficient (Wildman–Crippen LogP) is 6.00. The van der Waals surface area contributed by atoms with Gasteiger partial charge in [-0.1, -0.05) is 90.9 Å². The molecule has 2 fully saturated rings. The molecule has 2 aliphatic heterocycles. The van der Waals surface area contributed by atoms with Crippen molar-refractivity contribution in [3.8, 4) is 0 Å². The van der Waals surface area contributed by atoms with E-state index in [2.05, 4.69) is 19.2 Å². The zero-order valence-corrected chi connectivity index (χ0v) is 21.1. The maximum absolute atomic E-state index is 12.6. The summed E-state index contributed by atoms with van der Waals surface area (Å²) in [5, 5.41) is 2.70. The van der Waals surface area contributed by atoms with Gasteiger partial charge < -0.3 is 14.8 Å². The summed E-state index contributed by atoms with van der Waals surface area (Å²) in [4.78, 5) is 36.1. The monoisotopic (exact) mass is 465 g/mol. The van der Waals surface area contributed by atoms with Crippen LogP contribution < -0.4 is 5.32 Å². The van der Waals surface area contributed by atoms with E-state index in [4.69, 9.17) is 9.47 Å². The number of amides is 1. The minimum absolute atomic E-state index is 0.0580. The Morgan fingerprint density at radius 1 is 0.939 bits per heavy atom. The van der Waals surface area contributed by atoms with Crippen molar-refractivity contribution < 1.29 is 23.9 Å². The Kier molecular flexibility index (Phi) is 13.5. The van der Waals surface area contributed by atoms with Crippen LogP contribution >= 0.6 is 0 Å². The van der Waals surface area contributed by atoms with E-state index in [1.54, 1.807) is 0 Å². The van der Waals surface area contributed by atoms with Gasteiger partial charge in [0.1, 0.15) is 18.2 Å². The molecular weight excluding hydrogens is 418 g/mol.